The number of aromatic hydroxyl groups is 2. The van der Waals surface area contributed by atoms with Crippen LogP contribution >= 0.6 is 11.3 Å². The normalized spacial score (nSPS) is 10.4. The summed E-state index contributed by atoms with van der Waals surface area (Å²) in [6.45, 7) is 0.00592. The average Bonchev–Trinajstić information content (AvgIpc) is 3.28. The number of hydrogen-bond acceptors (Lipinski definition) is 10. The summed E-state index contributed by atoms with van der Waals surface area (Å²) in [4.78, 5) is 24.5. The van der Waals surface area contributed by atoms with Crippen LogP contribution < -0.4 is 19.5 Å². The van der Waals surface area contributed by atoms with Crippen molar-refractivity contribution in [1.29, 1.82) is 0 Å². The molecule has 0 unspecified atom stereocenters. The van der Waals surface area contributed by atoms with E-state index < -0.39 is 17.5 Å². The third-order valence-electron chi connectivity index (χ3n) is 3.95. The first-order valence-electron chi connectivity index (χ1n) is 8.25. The summed E-state index contributed by atoms with van der Waals surface area (Å²) in [5.74, 6) is -0.718. The van der Waals surface area contributed by atoms with Crippen molar-refractivity contribution >= 4 is 17.2 Å². The standard InChI is InChI=1S/C18H18N4O6S/c1-26-9-6-11(27-2)10(12(7-9)28-3)8-20-16(24)13-14(23)17(25)22-15(21-13)18-19-4-5-29-18/h4-7,23H,8H2,1-3H3,(H,20,24)(H,21,22,25). The van der Waals surface area contributed by atoms with Crippen LogP contribution in [-0.2, 0) is 6.54 Å². The van der Waals surface area contributed by atoms with Crippen molar-refractivity contribution in [3.63, 3.8) is 0 Å². The van der Waals surface area contributed by atoms with Crippen LogP contribution in [0.2, 0.25) is 0 Å². The molecule has 0 bridgehead atoms. The summed E-state index contributed by atoms with van der Waals surface area (Å²) in [7, 11) is 4.47. The van der Waals surface area contributed by atoms with Gasteiger partial charge in [-0.2, -0.15) is 4.98 Å². The van der Waals surface area contributed by atoms with Crippen LogP contribution in [0.25, 0.3) is 10.8 Å². The maximum absolute atomic E-state index is 12.6. The van der Waals surface area contributed by atoms with Crippen molar-refractivity contribution < 1.29 is 29.2 Å². The number of carbonyl (C=O) groups excluding carboxylic acids is 1. The molecular formula is C18H18N4O6S. The molecule has 0 aliphatic rings. The van der Waals surface area contributed by atoms with E-state index in [4.69, 9.17) is 14.2 Å². The maximum Gasteiger partial charge on any atom is 0.274 e. The molecule has 0 aliphatic heterocycles. The molecule has 10 nitrogen and oxygen atoms in total. The van der Waals surface area contributed by atoms with E-state index in [0.717, 1.165) is 0 Å². The first-order valence-corrected chi connectivity index (χ1v) is 9.13. The zero-order valence-corrected chi connectivity index (χ0v) is 16.6. The van der Waals surface area contributed by atoms with Crippen LogP contribution in [0.15, 0.2) is 23.7 Å². The molecule has 11 heteroatoms. The Morgan fingerprint density at radius 3 is 2.34 bits per heavy atom. The molecule has 0 atom stereocenters. The minimum atomic E-state index is -0.725. The van der Waals surface area contributed by atoms with Gasteiger partial charge in [-0.15, -0.1) is 11.3 Å². The highest BCUT2D eigenvalue weighted by atomic mass is 32.1. The smallest absolute Gasteiger partial charge is 0.274 e. The molecule has 3 aromatic rings. The number of amides is 1. The minimum absolute atomic E-state index is 0.00592. The third-order valence-corrected chi connectivity index (χ3v) is 4.72. The Hall–Kier alpha value is -3.60. The summed E-state index contributed by atoms with van der Waals surface area (Å²) in [5, 5.41) is 24.6. The molecule has 1 amide bonds. The predicted octanol–water partition coefficient (Wildman–Crippen LogP) is 1.97. The van der Waals surface area contributed by atoms with Crippen molar-refractivity contribution in [2.75, 3.05) is 21.3 Å². The zero-order chi connectivity index (χ0) is 21.0. The van der Waals surface area contributed by atoms with Crippen LogP contribution in [0.5, 0.6) is 28.9 Å². The number of carbonyl (C=O) groups is 1. The van der Waals surface area contributed by atoms with Gasteiger partial charge in [0.2, 0.25) is 5.75 Å². The maximum atomic E-state index is 12.6. The molecular weight excluding hydrogens is 400 g/mol. The first kappa shape index (κ1) is 20.1. The summed E-state index contributed by atoms with van der Waals surface area (Å²) >= 11 is 1.23. The highest BCUT2D eigenvalue weighted by Crippen LogP contribution is 2.34. The van der Waals surface area contributed by atoms with Crippen LogP contribution in [-0.4, -0.2) is 52.4 Å². The quantitative estimate of drug-likeness (QED) is 0.526. The van der Waals surface area contributed by atoms with Gasteiger partial charge in [0.05, 0.1) is 33.4 Å². The summed E-state index contributed by atoms with van der Waals surface area (Å²) in [6.07, 6.45) is 1.54. The van der Waals surface area contributed by atoms with E-state index in [0.29, 0.717) is 27.8 Å². The Kier molecular flexibility index (Phi) is 5.98. The molecule has 2 aromatic heterocycles. The van der Waals surface area contributed by atoms with E-state index in [2.05, 4.69) is 20.3 Å². The second-order valence-corrected chi connectivity index (χ2v) is 6.49. The van der Waals surface area contributed by atoms with Crippen molar-refractivity contribution in [3.05, 3.63) is 35.0 Å². The largest absolute Gasteiger partial charge is 0.501 e. The number of hydrogen-bond donors (Lipinski definition) is 3. The Bertz CT molecular complexity index is 1000. The summed E-state index contributed by atoms with van der Waals surface area (Å²) in [6, 6.07) is 3.30. The van der Waals surface area contributed by atoms with E-state index in [9.17, 15) is 15.0 Å². The van der Waals surface area contributed by atoms with Gasteiger partial charge < -0.3 is 29.7 Å². The molecule has 0 saturated carbocycles. The second kappa shape index (κ2) is 8.61. The topological polar surface area (TPSA) is 136 Å². The van der Waals surface area contributed by atoms with E-state index in [1.807, 2.05) is 0 Å². The summed E-state index contributed by atoms with van der Waals surface area (Å²) < 4.78 is 15.9. The number of aromatic nitrogens is 3. The van der Waals surface area contributed by atoms with Crippen LogP contribution in [0, 0.1) is 0 Å². The van der Waals surface area contributed by atoms with Crippen LogP contribution in [0.1, 0.15) is 16.1 Å². The van der Waals surface area contributed by atoms with Crippen LogP contribution in [0.3, 0.4) is 0 Å². The Morgan fingerprint density at radius 1 is 1.10 bits per heavy atom. The van der Waals surface area contributed by atoms with Gasteiger partial charge in [0.1, 0.15) is 17.2 Å². The van der Waals surface area contributed by atoms with Gasteiger partial charge in [0.15, 0.2) is 16.5 Å². The zero-order valence-electron chi connectivity index (χ0n) is 15.8. The fourth-order valence-corrected chi connectivity index (χ4v) is 3.10. The Labute approximate surface area is 169 Å². The molecule has 2 heterocycles. The summed E-state index contributed by atoms with van der Waals surface area (Å²) in [5.41, 5.74) is 0.177. The fourth-order valence-electron chi connectivity index (χ4n) is 2.54. The molecule has 152 valence electrons. The molecule has 0 aliphatic carbocycles. The SMILES string of the molecule is COc1cc(OC)c(CNC(=O)c2nc(-c3nccs3)nc(O)c2O)c(OC)c1. The van der Waals surface area contributed by atoms with E-state index in [-0.39, 0.29) is 18.1 Å². The predicted molar refractivity (Wildman–Crippen MR) is 104 cm³/mol. The van der Waals surface area contributed by atoms with Crippen molar-refractivity contribution in [2.45, 2.75) is 6.54 Å². The van der Waals surface area contributed by atoms with E-state index >= 15 is 0 Å². The lowest BCUT2D eigenvalue weighted by Gasteiger charge is -2.15. The van der Waals surface area contributed by atoms with Gasteiger partial charge in [0.25, 0.3) is 11.8 Å². The fraction of sp³-hybridized carbons (Fsp3) is 0.222. The number of benzene rings is 1. The highest BCUT2D eigenvalue weighted by Gasteiger charge is 2.22. The van der Waals surface area contributed by atoms with E-state index in [1.165, 1.54) is 38.9 Å². The van der Waals surface area contributed by atoms with Gasteiger partial charge in [-0.3, -0.25) is 4.79 Å². The molecule has 3 N–H and O–H groups in total. The third kappa shape index (κ3) is 4.14. The van der Waals surface area contributed by atoms with Crippen molar-refractivity contribution in [2.24, 2.45) is 0 Å². The molecule has 0 saturated heterocycles. The minimum Gasteiger partial charge on any atom is -0.501 e. The average molecular weight is 418 g/mol. The number of nitrogens with zero attached hydrogens (tertiary/aromatic N) is 3. The van der Waals surface area contributed by atoms with Gasteiger partial charge in [-0.1, -0.05) is 0 Å². The number of ether oxygens (including phenoxy) is 3. The Balaban J connectivity index is 1.89. The van der Waals surface area contributed by atoms with Crippen molar-refractivity contribution in [3.8, 4) is 39.7 Å². The Morgan fingerprint density at radius 2 is 1.79 bits per heavy atom. The molecule has 1 aromatic carbocycles. The van der Waals surface area contributed by atoms with Gasteiger partial charge >= 0.3 is 0 Å². The number of thiazole rings is 1. The molecule has 0 radical (unpaired) electrons. The van der Waals surface area contributed by atoms with E-state index in [1.54, 1.807) is 17.5 Å². The molecule has 0 fully saturated rings. The molecule has 3 rings (SSSR count). The van der Waals surface area contributed by atoms with Gasteiger partial charge in [0, 0.05) is 23.7 Å². The lowest BCUT2D eigenvalue weighted by atomic mass is 10.1. The number of methoxy groups -OCH3 is 3. The number of rotatable bonds is 7. The highest BCUT2D eigenvalue weighted by molar-refractivity contribution is 7.13. The monoisotopic (exact) mass is 418 g/mol. The van der Waals surface area contributed by atoms with Gasteiger partial charge in [-0.05, 0) is 0 Å². The number of nitrogens with one attached hydrogen (secondary N) is 1. The molecule has 29 heavy (non-hydrogen) atoms. The van der Waals surface area contributed by atoms with Gasteiger partial charge in [-0.25, -0.2) is 9.97 Å². The first-order chi connectivity index (χ1) is 14.0. The van der Waals surface area contributed by atoms with Crippen LogP contribution in [0.4, 0.5) is 0 Å². The lowest BCUT2D eigenvalue weighted by Crippen LogP contribution is -2.25. The van der Waals surface area contributed by atoms with Crippen molar-refractivity contribution in [1.82, 2.24) is 20.3 Å². The second-order valence-electron chi connectivity index (χ2n) is 5.60. The lowest BCUT2D eigenvalue weighted by molar-refractivity contribution is 0.0941. The molecule has 0 spiro atoms.